The van der Waals surface area contributed by atoms with Gasteiger partial charge >= 0.3 is 5.97 Å². The molecular weight excluding hydrogens is 863 g/mol. The van der Waals surface area contributed by atoms with Crippen molar-refractivity contribution in [2.24, 2.45) is 0 Å². The number of ether oxygens (including phenoxy) is 1. The third-order valence-electron chi connectivity index (χ3n) is 14.4. The van der Waals surface area contributed by atoms with E-state index in [0.29, 0.717) is 25.9 Å². The van der Waals surface area contributed by atoms with Crippen molar-refractivity contribution in [2.75, 3.05) is 13.2 Å². The lowest BCUT2D eigenvalue weighted by atomic mass is 10.0. The Balaban J connectivity index is 3.46. The van der Waals surface area contributed by atoms with Gasteiger partial charge in [-0.25, -0.2) is 0 Å². The fourth-order valence-corrected chi connectivity index (χ4v) is 9.61. The lowest BCUT2D eigenvalue weighted by molar-refractivity contribution is -0.143. The van der Waals surface area contributed by atoms with Crippen LogP contribution in [0.2, 0.25) is 0 Å². The molecule has 0 fully saturated rings. The van der Waals surface area contributed by atoms with Gasteiger partial charge in [-0.3, -0.25) is 9.59 Å². The summed E-state index contributed by atoms with van der Waals surface area (Å²) in [6.07, 6.45) is 74.3. The monoisotopic (exact) mass is 984 g/mol. The second-order valence-electron chi connectivity index (χ2n) is 21.4. The van der Waals surface area contributed by atoms with Gasteiger partial charge in [-0.1, -0.05) is 275 Å². The van der Waals surface area contributed by atoms with Crippen LogP contribution < -0.4 is 5.32 Å². The maximum Gasteiger partial charge on any atom is 0.305 e. The van der Waals surface area contributed by atoms with Gasteiger partial charge in [-0.05, 0) is 83.5 Å². The fourth-order valence-electron chi connectivity index (χ4n) is 9.61. The van der Waals surface area contributed by atoms with Crippen LogP contribution in [-0.2, 0) is 14.3 Å². The summed E-state index contributed by atoms with van der Waals surface area (Å²) in [7, 11) is 0. The number of hydrogen-bond donors (Lipinski definition) is 3. The van der Waals surface area contributed by atoms with E-state index in [1.165, 1.54) is 231 Å². The Kier molecular flexibility index (Phi) is 58.0. The number of aliphatic hydroxyl groups excluding tert-OH is 2. The molecule has 2 atom stereocenters. The van der Waals surface area contributed by atoms with E-state index in [4.69, 9.17) is 4.74 Å². The molecule has 0 heterocycles. The maximum atomic E-state index is 12.5. The number of nitrogens with one attached hydrogen (secondary N) is 1. The molecule has 0 saturated heterocycles. The van der Waals surface area contributed by atoms with Gasteiger partial charge in [0.1, 0.15) is 0 Å². The van der Waals surface area contributed by atoms with Crippen LogP contribution in [0.15, 0.2) is 36.5 Å². The number of carbonyl (C=O) groups excluding carboxylic acids is 2. The van der Waals surface area contributed by atoms with E-state index in [1.807, 2.05) is 0 Å². The van der Waals surface area contributed by atoms with Crippen molar-refractivity contribution in [3.05, 3.63) is 36.5 Å². The van der Waals surface area contributed by atoms with Crippen LogP contribution in [0.25, 0.3) is 0 Å². The minimum atomic E-state index is -0.675. The van der Waals surface area contributed by atoms with Gasteiger partial charge in [0.15, 0.2) is 0 Å². The van der Waals surface area contributed by atoms with Crippen LogP contribution in [0.5, 0.6) is 0 Å². The molecule has 0 bridgehead atoms. The smallest absolute Gasteiger partial charge is 0.305 e. The molecule has 0 aromatic rings. The zero-order chi connectivity index (χ0) is 50.7. The van der Waals surface area contributed by atoms with Crippen molar-refractivity contribution in [1.29, 1.82) is 0 Å². The van der Waals surface area contributed by atoms with Crippen molar-refractivity contribution in [1.82, 2.24) is 5.32 Å². The van der Waals surface area contributed by atoms with Crippen molar-refractivity contribution < 1.29 is 24.5 Å². The Morgan fingerprint density at radius 3 is 1.13 bits per heavy atom. The Labute approximate surface area is 436 Å². The highest BCUT2D eigenvalue weighted by molar-refractivity contribution is 5.76. The zero-order valence-corrected chi connectivity index (χ0v) is 47.0. The van der Waals surface area contributed by atoms with Crippen LogP contribution in [0.3, 0.4) is 0 Å². The number of carbonyl (C=O) groups is 2. The third-order valence-corrected chi connectivity index (χ3v) is 14.4. The molecule has 0 aliphatic heterocycles. The normalized spacial score (nSPS) is 12.8. The Morgan fingerprint density at radius 1 is 0.400 bits per heavy atom. The quantitative estimate of drug-likeness (QED) is 0.0321. The van der Waals surface area contributed by atoms with E-state index < -0.39 is 12.1 Å². The summed E-state index contributed by atoms with van der Waals surface area (Å²) < 4.78 is 5.47. The minimum absolute atomic E-state index is 0.0107. The molecule has 0 aliphatic rings. The topological polar surface area (TPSA) is 95.9 Å². The Morgan fingerprint density at radius 2 is 0.714 bits per heavy atom. The third kappa shape index (κ3) is 55.4. The highest BCUT2D eigenvalue weighted by atomic mass is 16.5. The molecule has 6 nitrogen and oxygen atoms in total. The highest BCUT2D eigenvalue weighted by Crippen LogP contribution is 2.17. The molecule has 0 aliphatic carbocycles. The van der Waals surface area contributed by atoms with E-state index in [-0.39, 0.29) is 18.5 Å². The van der Waals surface area contributed by atoms with E-state index in [0.717, 1.165) is 70.6 Å². The fraction of sp³-hybridized carbons (Fsp3) is 0.875. The standard InChI is InChI=1S/C64H121NO5/c1-3-5-7-9-11-13-15-17-19-20-21-22-25-29-32-36-40-44-48-52-56-62(67)61(60-66)65-63(68)57-53-49-45-41-37-33-30-26-23-24-27-31-35-39-43-47-51-55-59-70-64(69)58-54-50-46-42-38-34-28-18-16-14-12-10-8-6-4-2/h12,14,18,26,28,30,61-62,66-67H,3-11,13,15-17,19-25,27,29,31-60H2,1-2H3,(H,65,68)/b14-12-,28-18-,30-26-. The van der Waals surface area contributed by atoms with Gasteiger partial charge in [0.25, 0.3) is 0 Å². The summed E-state index contributed by atoms with van der Waals surface area (Å²) >= 11 is 0. The second-order valence-corrected chi connectivity index (χ2v) is 21.4. The van der Waals surface area contributed by atoms with Crippen molar-refractivity contribution in [3.8, 4) is 0 Å². The van der Waals surface area contributed by atoms with Crippen LogP contribution >= 0.6 is 0 Å². The van der Waals surface area contributed by atoms with Crippen LogP contribution in [0.4, 0.5) is 0 Å². The first kappa shape index (κ1) is 68.1. The summed E-state index contributed by atoms with van der Waals surface area (Å²) in [5.41, 5.74) is 0. The molecule has 2 unspecified atom stereocenters. The molecule has 0 radical (unpaired) electrons. The SMILES string of the molecule is CCCCC/C=C\C/C=C\CCCCCCCC(=O)OCCCCCCCCCCC/C=C\CCCCCCCC(=O)NC(CO)C(O)CCCCCCCCCCCCCCCCCCCCCC. The molecule has 70 heavy (non-hydrogen) atoms. The average molecular weight is 985 g/mol. The van der Waals surface area contributed by atoms with E-state index in [9.17, 15) is 19.8 Å². The average Bonchev–Trinajstić information content (AvgIpc) is 3.36. The molecule has 0 spiro atoms. The number of amides is 1. The summed E-state index contributed by atoms with van der Waals surface area (Å²) in [6, 6.07) is -0.553. The summed E-state index contributed by atoms with van der Waals surface area (Å²) in [5, 5.41) is 23.4. The van der Waals surface area contributed by atoms with Gasteiger partial charge in [0.05, 0.1) is 25.4 Å². The number of unbranched alkanes of at least 4 members (excludes halogenated alkanes) is 41. The first-order valence-electron chi connectivity index (χ1n) is 31.2. The Bertz CT molecular complexity index is 1130. The lowest BCUT2D eigenvalue weighted by Gasteiger charge is -2.22. The summed E-state index contributed by atoms with van der Waals surface area (Å²) in [5.74, 6) is -0.0579. The summed E-state index contributed by atoms with van der Waals surface area (Å²) in [4.78, 5) is 24.6. The molecule has 1 amide bonds. The molecule has 3 N–H and O–H groups in total. The molecule has 0 saturated carbocycles. The minimum Gasteiger partial charge on any atom is -0.466 e. The van der Waals surface area contributed by atoms with E-state index in [2.05, 4.69) is 55.6 Å². The van der Waals surface area contributed by atoms with Gasteiger partial charge in [-0.15, -0.1) is 0 Å². The molecule has 0 rings (SSSR count). The van der Waals surface area contributed by atoms with Crippen LogP contribution in [-0.4, -0.2) is 47.4 Å². The molecule has 0 aromatic heterocycles. The predicted octanol–water partition coefficient (Wildman–Crippen LogP) is 19.6. The van der Waals surface area contributed by atoms with E-state index >= 15 is 0 Å². The van der Waals surface area contributed by atoms with Gasteiger partial charge in [0, 0.05) is 12.8 Å². The zero-order valence-electron chi connectivity index (χ0n) is 47.0. The molecule has 6 heteroatoms. The molecule has 412 valence electrons. The molecule has 0 aromatic carbocycles. The molecular formula is C64H121NO5. The highest BCUT2D eigenvalue weighted by Gasteiger charge is 2.20. The number of rotatable bonds is 58. The summed E-state index contributed by atoms with van der Waals surface area (Å²) in [6.45, 7) is 4.92. The first-order chi connectivity index (χ1) is 34.5. The van der Waals surface area contributed by atoms with Gasteiger partial charge in [-0.2, -0.15) is 0 Å². The van der Waals surface area contributed by atoms with Gasteiger partial charge < -0.3 is 20.3 Å². The maximum absolute atomic E-state index is 12.5. The van der Waals surface area contributed by atoms with E-state index in [1.54, 1.807) is 0 Å². The number of hydrogen-bond acceptors (Lipinski definition) is 5. The van der Waals surface area contributed by atoms with Crippen LogP contribution in [0.1, 0.15) is 335 Å². The Hall–Kier alpha value is -1.92. The lowest BCUT2D eigenvalue weighted by Crippen LogP contribution is -2.45. The van der Waals surface area contributed by atoms with Crippen molar-refractivity contribution in [2.45, 2.75) is 347 Å². The van der Waals surface area contributed by atoms with Gasteiger partial charge in [0.2, 0.25) is 5.91 Å². The number of aliphatic hydroxyl groups is 2. The number of allylic oxidation sites excluding steroid dienone is 6. The largest absolute Gasteiger partial charge is 0.466 e. The van der Waals surface area contributed by atoms with Crippen molar-refractivity contribution >= 4 is 11.9 Å². The first-order valence-corrected chi connectivity index (χ1v) is 31.2. The number of esters is 1. The predicted molar refractivity (Wildman–Crippen MR) is 306 cm³/mol. The second kappa shape index (κ2) is 59.6. The van der Waals surface area contributed by atoms with Crippen molar-refractivity contribution in [3.63, 3.8) is 0 Å². The van der Waals surface area contributed by atoms with Crippen LogP contribution in [0, 0.1) is 0 Å².